The molecule has 0 radical (unpaired) electrons. The van der Waals surface area contributed by atoms with Gasteiger partial charge in [0.25, 0.3) is 0 Å². The predicted octanol–water partition coefficient (Wildman–Crippen LogP) is 1.76. The quantitative estimate of drug-likeness (QED) is 0.351. The van der Waals surface area contributed by atoms with Crippen LogP contribution in [0.1, 0.15) is 29.9 Å². The van der Waals surface area contributed by atoms with Gasteiger partial charge in [0.1, 0.15) is 11.9 Å². The maximum absolute atomic E-state index is 11.9. The lowest BCUT2D eigenvalue weighted by Crippen LogP contribution is -2.22. The molecule has 2 heterocycles. The number of amides is 1. The van der Waals surface area contributed by atoms with Crippen molar-refractivity contribution in [3.63, 3.8) is 0 Å². The van der Waals surface area contributed by atoms with Crippen molar-refractivity contribution in [2.45, 2.75) is 20.8 Å². The number of ether oxygens (including phenoxy) is 1. The number of nitrogens with zero attached hydrogens (tertiary/aromatic N) is 5. The molecule has 0 saturated heterocycles. The van der Waals surface area contributed by atoms with Crippen LogP contribution in [-0.2, 0) is 9.53 Å². The maximum Gasteiger partial charge on any atom is 0.365 e. The molecule has 0 aromatic carbocycles. The summed E-state index contributed by atoms with van der Waals surface area (Å²) in [6.45, 7) is 4.28. The number of hydrogen-bond acceptors (Lipinski definition) is 8. The Kier molecular flexibility index (Phi) is 4.53. The summed E-state index contributed by atoms with van der Waals surface area (Å²) in [6, 6.07) is 1.40. The van der Waals surface area contributed by atoms with Crippen molar-refractivity contribution in [3.05, 3.63) is 38.5 Å². The van der Waals surface area contributed by atoms with Crippen LogP contribution in [0.5, 0.6) is 0 Å². The Morgan fingerprint density at radius 2 is 2.17 bits per heavy atom. The summed E-state index contributed by atoms with van der Waals surface area (Å²) in [5.41, 5.74) is 0.0979. The molecule has 126 valence electrons. The van der Waals surface area contributed by atoms with E-state index in [1.807, 2.05) is 0 Å². The van der Waals surface area contributed by atoms with Crippen LogP contribution in [0.15, 0.2) is 17.5 Å². The maximum atomic E-state index is 11.9. The Morgan fingerprint density at radius 3 is 2.67 bits per heavy atom. The average Bonchev–Trinajstić information content (AvgIpc) is 2.86. The van der Waals surface area contributed by atoms with Crippen LogP contribution in [0.2, 0.25) is 0 Å². The summed E-state index contributed by atoms with van der Waals surface area (Å²) in [7, 11) is 0. The molecule has 0 unspecified atom stereocenters. The summed E-state index contributed by atoms with van der Waals surface area (Å²) in [5.74, 6) is -2.23. The predicted molar refractivity (Wildman–Crippen MR) is 81.5 cm³/mol. The van der Waals surface area contributed by atoms with Crippen molar-refractivity contribution >= 4 is 29.0 Å². The van der Waals surface area contributed by atoms with Crippen LogP contribution in [0, 0.1) is 21.9 Å². The highest BCUT2D eigenvalue weighted by atomic mass is 16.6. The molecule has 1 amide bonds. The molecular weight excluding hydrogens is 322 g/mol. The van der Waals surface area contributed by atoms with Crippen molar-refractivity contribution < 1.29 is 19.2 Å². The van der Waals surface area contributed by atoms with E-state index in [4.69, 9.17) is 4.74 Å². The van der Waals surface area contributed by atoms with Gasteiger partial charge in [-0.15, -0.1) is 4.91 Å². The van der Waals surface area contributed by atoms with Gasteiger partial charge in [-0.2, -0.15) is 14.4 Å². The molecule has 11 heteroatoms. The fourth-order valence-corrected chi connectivity index (χ4v) is 2.17. The van der Waals surface area contributed by atoms with E-state index in [0.717, 1.165) is 17.5 Å². The fraction of sp³-hybridized carbons (Fsp3) is 0.308. The molecule has 2 aromatic heterocycles. The first kappa shape index (κ1) is 17.0. The number of nitroso groups, excluding NO2 is 1. The van der Waals surface area contributed by atoms with Gasteiger partial charge in [0.2, 0.25) is 17.2 Å². The first-order valence-corrected chi connectivity index (χ1v) is 6.80. The van der Waals surface area contributed by atoms with Gasteiger partial charge in [-0.1, -0.05) is 0 Å². The number of hydrogen-bond donors (Lipinski definition) is 0. The molecule has 11 nitrogen and oxygen atoms in total. The van der Waals surface area contributed by atoms with Gasteiger partial charge >= 0.3 is 11.8 Å². The topological polar surface area (TPSA) is 136 Å². The molecule has 0 aliphatic carbocycles. The highest BCUT2D eigenvalue weighted by molar-refractivity contribution is 5.94. The number of fused-ring (bicyclic) bond motifs is 1. The Bertz CT molecular complexity index is 858. The molecule has 2 rings (SSSR count). The van der Waals surface area contributed by atoms with Gasteiger partial charge in [0.15, 0.2) is 0 Å². The number of aryl methyl sites for hydroxylation is 1. The number of anilines is 1. The standard InChI is InChI=1S/C13H13N5O6/c1-4-24-13(20)11-12(18(22)23)16-6-9(17(15-21)8(3)19)7(2)5-10(16)14-11/h5-6H,4H2,1-3H3. The summed E-state index contributed by atoms with van der Waals surface area (Å²) in [6.07, 6.45) is 1.15. The molecule has 0 atom stereocenters. The molecular formula is C13H13N5O6. The van der Waals surface area contributed by atoms with E-state index in [0.29, 0.717) is 10.6 Å². The van der Waals surface area contributed by atoms with E-state index in [1.54, 1.807) is 13.8 Å². The summed E-state index contributed by atoms with van der Waals surface area (Å²) in [4.78, 5) is 48.7. The van der Waals surface area contributed by atoms with E-state index >= 15 is 0 Å². The van der Waals surface area contributed by atoms with Crippen molar-refractivity contribution in [2.24, 2.45) is 5.29 Å². The lowest BCUT2D eigenvalue weighted by atomic mass is 10.2. The fourth-order valence-electron chi connectivity index (χ4n) is 2.17. The van der Waals surface area contributed by atoms with E-state index < -0.39 is 28.3 Å². The summed E-state index contributed by atoms with van der Waals surface area (Å²) < 4.78 is 5.76. The van der Waals surface area contributed by atoms with Crippen LogP contribution >= 0.6 is 0 Å². The van der Waals surface area contributed by atoms with Gasteiger partial charge in [0.05, 0.1) is 11.9 Å². The minimum absolute atomic E-state index is 0.0291. The number of carbonyl (C=O) groups excluding carboxylic acids is 2. The monoisotopic (exact) mass is 335 g/mol. The SMILES string of the molecule is CCOC(=O)c1nc2cc(C)c(N(N=O)C(C)=O)cn2c1[N+](=O)[O-]. The van der Waals surface area contributed by atoms with E-state index in [1.165, 1.54) is 6.07 Å². The number of carbonyl (C=O) groups is 2. The summed E-state index contributed by atoms with van der Waals surface area (Å²) in [5, 5.41) is 14.5. The van der Waals surface area contributed by atoms with Crippen LogP contribution in [0.4, 0.5) is 11.5 Å². The first-order chi connectivity index (χ1) is 11.3. The molecule has 24 heavy (non-hydrogen) atoms. The minimum atomic E-state index is -0.941. The molecule has 0 fully saturated rings. The molecule has 0 N–H and O–H groups in total. The van der Waals surface area contributed by atoms with Crippen LogP contribution in [0.25, 0.3) is 5.65 Å². The molecule has 0 aliphatic heterocycles. The van der Waals surface area contributed by atoms with Crippen LogP contribution in [-0.4, -0.2) is 32.8 Å². The minimum Gasteiger partial charge on any atom is -0.461 e. The lowest BCUT2D eigenvalue weighted by molar-refractivity contribution is -0.390. The second kappa shape index (κ2) is 6.40. The van der Waals surface area contributed by atoms with Crippen LogP contribution < -0.4 is 5.01 Å². The molecule has 0 bridgehead atoms. The van der Waals surface area contributed by atoms with E-state index in [9.17, 15) is 24.6 Å². The highest BCUT2D eigenvalue weighted by Gasteiger charge is 2.30. The number of esters is 1. The first-order valence-electron chi connectivity index (χ1n) is 6.80. The third-order valence-electron chi connectivity index (χ3n) is 3.16. The van der Waals surface area contributed by atoms with Gasteiger partial charge < -0.3 is 14.9 Å². The van der Waals surface area contributed by atoms with Crippen molar-refractivity contribution in [3.8, 4) is 0 Å². The van der Waals surface area contributed by atoms with Gasteiger partial charge in [-0.3, -0.25) is 4.79 Å². The molecule has 0 aliphatic rings. The number of imidazole rings is 1. The second-order valence-electron chi connectivity index (χ2n) is 4.74. The third kappa shape index (κ3) is 2.78. The van der Waals surface area contributed by atoms with Crippen molar-refractivity contribution in [2.75, 3.05) is 11.6 Å². The molecule has 0 spiro atoms. The molecule has 0 saturated carbocycles. The zero-order valence-corrected chi connectivity index (χ0v) is 13.0. The zero-order valence-electron chi connectivity index (χ0n) is 13.0. The Hall–Kier alpha value is -3.37. The van der Waals surface area contributed by atoms with Crippen molar-refractivity contribution in [1.82, 2.24) is 9.38 Å². The highest BCUT2D eigenvalue weighted by Crippen LogP contribution is 2.28. The number of aromatic nitrogens is 2. The number of rotatable bonds is 5. The number of nitro groups is 1. The Morgan fingerprint density at radius 1 is 1.50 bits per heavy atom. The number of pyridine rings is 1. The second-order valence-corrected chi connectivity index (χ2v) is 4.74. The normalized spacial score (nSPS) is 10.5. The Labute approximate surface area is 134 Å². The van der Waals surface area contributed by atoms with Crippen molar-refractivity contribution in [1.29, 1.82) is 0 Å². The van der Waals surface area contributed by atoms with E-state index in [2.05, 4.69) is 10.3 Å². The Balaban J connectivity index is 2.77. The van der Waals surface area contributed by atoms with Gasteiger partial charge in [-0.25, -0.2) is 4.79 Å². The smallest absolute Gasteiger partial charge is 0.365 e. The lowest BCUT2D eigenvalue weighted by Gasteiger charge is -2.12. The average molecular weight is 335 g/mol. The molecule has 2 aromatic rings. The zero-order chi connectivity index (χ0) is 18.0. The third-order valence-corrected chi connectivity index (χ3v) is 3.16. The largest absolute Gasteiger partial charge is 0.461 e. The summed E-state index contributed by atoms with van der Waals surface area (Å²) >= 11 is 0. The van der Waals surface area contributed by atoms with Gasteiger partial charge in [0, 0.05) is 13.0 Å². The van der Waals surface area contributed by atoms with Crippen LogP contribution in [0.3, 0.4) is 0 Å². The van der Waals surface area contributed by atoms with Gasteiger partial charge in [-0.05, 0) is 24.3 Å². The van der Waals surface area contributed by atoms with E-state index in [-0.39, 0.29) is 17.9 Å².